The Morgan fingerprint density at radius 2 is 1.90 bits per heavy atom. The van der Waals surface area contributed by atoms with Crippen LogP contribution in [-0.4, -0.2) is 17.9 Å². The number of primary amides is 1. The van der Waals surface area contributed by atoms with Gasteiger partial charge < -0.3 is 16.8 Å². The first-order chi connectivity index (χ1) is 9.58. The summed E-state index contributed by atoms with van der Waals surface area (Å²) in [6, 6.07) is 10.4. The van der Waals surface area contributed by atoms with Crippen molar-refractivity contribution >= 4 is 28.2 Å². The van der Waals surface area contributed by atoms with Crippen LogP contribution >= 0.6 is 11.3 Å². The molecule has 2 rings (SSSR count). The fraction of sp³-hybridized carbons (Fsp3) is 0.143. The van der Waals surface area contributed by atoms with Gasteiger partial charge in [0.05, 0.1) is 11.6 Å². The fourth-order valence-electron chi connectivity index (χ4n) is 1.77. The van der Waals surface area contributed by atoms with Crippen molar-refractivity contribution in [3.05, 3.63) is 52.9 Å². The molecule has 0 aliphatic rings. The molecule has 0 spiro atoms. The van der Waals surface area contributed by atoms with Gasteiger partial charge in [-0.1, -0.05) is 30.3 Å². The van der Waals surface area contributed by atoms with Crippen molar-refractivity contribution in [1.82, 2.24) is 0 Å². The van der Waals surface area contributed by atoms with Gasteiger partial charge in [-0.3, -0.25) is 9.59 Å². The Hall–Kier alpha value is -2.18. The lowest BCUT2D eigenvalue weighted by atomic mass is 10.1. The molecule has 0 radical (unpaired) electrons. The molecule has 0 bridgehead atoms. The molecule has 2 aromatic rings. The van der Waals surface area contributed by atoms with Crippen molar-refractivity contribution in [2.45, 2.75) is 12.5 Å². The molecule has 1 atom stereocenters. The Bertz CT molecular complexity index is 610. The summed E-state index contributed by atoms with van der Waals surface area (Å²) in [4.78, 5) is 23.2. The zero-order valence-electron chi connectivity index (χ0n) is 10.7. The van der Waals surface area contributed by atoms with Crippen LogP contribution in [0.3, 0.4) is 0 Å². The number of carbonyl (C=O) groups excluding carboxylic acids is 2. The van der Waals surface area contributed by atoms with Crippen molar-refractivity contribution in [3.63, 3.8) is 0 Å². The van der Waals surface area contributed by atoms with E-state index in [1.165, 1.54) is 11.3 Å². The van der Waals surface area contributed by atoms with Crippen LogP contribution in [0.5, 0.6) is 0 Å². The standard InChI is InChI=1S/C14H15N3O2S/c15-11(8-9-4-2-1-3-5-9)13(19)17-14-10(12(16)18)6-7-20-14/h1-7,11H,8,15H2,(H2,16,18)(H,17,19)/t11-/m0/s1. The number of carbonyl (C=O) groups is 2. The van der Waals surface area contributed by atoms with E-state index >= 15 is 0 Å². The normalized spacial score (nSPS) is 11.8. The van der Waals surface area contributed by atoms with Gasteiger partial charge in [-0.2, -0.15) is 0 Å². The summed E-state index contributed by atoms with van der Waals surface area (Å²) in [6.45, 7) is 0. The monoisotopic (exact) mass is 289 g/mol. The van der Waals surface area contributed by atoms with Crippen LogP contribution in [-0.2, 0) is 11.2 Å². The zero-order valence-corrected chi connectivity index (χ0v) is 11.5. The first-order valence-corrected chi connectivity index (χ1v) is 6.93. The van der Waals surface area contributed by atoms with Gasteiger partial charge in [0.2, 0.25) is 5.91 Å². The molecule has 0 saturated heterocycles. The molecule has 2 amide bonds. The van der Waals surface area contributed by atoms with Crippen LogP contribution in [0, 0.1) is 0 Å². The van der Waals surface area contributed by atoms with Crippen molar-refractivity contribution in [3.8, 4) is 0 Å². The predicted molar refractivity (Wildman–Crippen MR) is 79.6 cm³/mol. The number of benzene rings is 1. The van der Waals surface area contributed by atoms with Gasteiger partial charge in [-0.05, 0) is 23.4 Å². The van der Waals surface area contributed by atoms with Crippen LogP contribution in [0.4, 0.5) is 5.00 Å². The summed E-state index contributed by atoms with van der Waals surface area (Å²) < 4.78 is 0. The molecule has 0 saturated carbocycles. The highest BCUT2D eigenvalue weighted by molar-refractivity contribution is 7.14. The number of rotatable bonds is 5. The molecule has 20 heavy (non-hydrogen) atoms. The minimum atomic E-state index is -0.680. The topological polar surface area (TPSA) is 98.2 Å². The third-order valence-electron chi connectivity index (χ3n) is 2.80. The smallest absolute Gasteiger partial charge is 0.251 e. The Morgan fingerprint density at radius 1 is 1.20 bits per heavy atom. The van der Waals surface area contributed by atoms with Crippen LogP contribution in [0.2, 0.25) is 0 Å². The number of amides is 2. The first-order valence-electron chi connectivity index (χ1n) is 6.05. The molecule has 0 unspecified atom stereocenters. The maximum absolute atomic E-state index is 12.0. The third kappa shape index (κ3) is 3.43. The second kappa shape index (κ2) is 6.31. The van der Waals surface area contributed by atoms with Gasteiger partial charge in [0.1, 0.15) is 5.00 Å². The molecule has 5 nitrogen and oxygen atoms in total. The minimum Gasteiger partial charge on any atom is -0.366 e. The van der Waals surface area contributed by atoms with Crippen molar-refractivity contribution in [2.75, 3.05) is 5.32 Å². The van der Waals surface area contributed by atoms with Crippen molar-refractivity contribution < 1.29 is 9.59 Å². The molecule has 0 fully saturated rings. The number of nitrogens with two attached hydrogens (primary N) is 2. The van der Waals surface area contributed by atoms with E-state index in [0.717, 1.165) is 5.56 Å². The number of nitrogens with one attached hydrogen (secondary N) is 1. The Morgan fingerprint density at radius 3 is 2.55 bits per heavy atom. The largest absolute Gasteiger partial charge is 0.366 e. The molecule has 1 aromatic heterocycles. The predicted octanol–water partition coefficient (Wildman–Crippen LogP) is 1.36. The van der Waals surface area contributed by atoms with E-state index in [-0.39, 0.29) is 5.91 Å². The van der Waals surface area contributed by atoms with Gasteiger partial charge in [-0.25, -0.2) is 0 Å². The summed E-state index contributed by atoms with van der Waals surface area (Å²) in [6.07, 6.45) is 0.434. The third-order valence-corrected chi connectivity index (χ3v) is 3.63. The van der Waals surface area contributed by atoms with Gasteiger partial charge >= 0.3 is 0 Å². The van der Waals surface area contributed by atoms with E-state index in [1.54, 1.807) is 11.4 Å². The maximum Gasteiger partial charge on any atom is 0.251 e. The molecule has 1 heterocycles. The lowest BCUT2D eigenvalue weighted by Gasteiger charge is -2.12. The number of hydrogen-bond donors (Lipinski definition) is 3. The zero-order chi connectivity index (χ0) is 14.5. The number of thiophene rings is 1. The molecule has 6 heteroatoms. The van der Waals surface area contributed by atoms with Gasteiger partial charge in [0.25, 0.3) is 5.91 Å². The summed E-state index contributed by atoms with van der Waals surface area (Å²) in [7, 11) is 0. The fourth-order valence-corrected chi connectivity index (χ4v) is 2.56. The highest BCUT2D eigenvalue weighted by Crippen LogP contribution is 2.22. The average molecular weight is 289 g/mol. The van der Waals surface area contributed by atoms with E-state index in [1.807, 2.05) is 30.3 Å². The van der Waals surface area contributed by atoms with Crippen molar-refractivity contribution in [1.29, 1.82) is 0 Å². The lowest BCUT2D eigenvalue weighted by Crippen LogP contribution is -2.37. The molecule has 0 aliphatic heterocycles. The van der Waals surface area contributed by atoms with Gasteiger partial charge in [0, 0.05) is 0 Å². The molecule has 1 aromatic carbocycles. The minimum absolute atomic E-state index is 0.301. The van der Waals surface area contributed by atoms with Gasteiger partial charge in [0.15, 0.2) is 0 Å². The highest BCUT2D eigenvalue weighted by Gasteiger charge is 2.17. The average Bonchev–Trinajstić information content (AvgIpc) is 2.88. The van der Waals surface area contributed by atoms with Crippen LogP contribution in [0.25, 0.3) is 0 Å². The second-order valence-electron chi connectivity index (χ2n) is 4.31. The van der Waals surface area contributed by atoms with E-state index in [0.29, 0.717) is 17.0 Å². The molecule has 0 aliphatic carbocycles. The quantitative estimate of drug-likeness (QED) is 0.775. The second-order valence-corrected chi connectivity index (χ2v) is 5.23. The van der Waals surface area contributed by atoms with Gasteiger partial charge in [-0.15, -0.1) is 11.3 Å². The SMILES string of the molecule is NC(=O)c1ccsc1NC(=O)[C@@H](N)Cc1ccccc1. The molecule has 104 valence electrons. The Kier molecular flexibility index (Phi) is 4.49. The Balaban J connectivity index is 2.01. The summed E-state index contributed by atoms with van der Waals surface area (Å²) in [5, 5.41) is 4.77. The summed E-state index contributed by atoms with van der Waals surface area (Å²) in [5.74, 6) is -0.906. The van der Waals surface area contributed by atoms with E-state index in [9.17, 15) is 9.59 Å². The van der Waals surface area contributed by atoms with Crippen molar-refractivity contribution in [2.24, 2.45) is 11.5 Å². The van der Waals surface area contributed by atoms with E-state index in [2.05, 4.69) is 5.32 Å². The van der Waals surface area contributed by atoms with E-state index < -0.39 is 11.9 Å². The highest BCUT2D eigenvalue weighted by atomic mass is 32.1. The molecular weight excluding hydrogens is 274 g/mol. The number of anilines is 1. The Labute approximate surface area is 120 Å². The molecule has 5 N–H and O–H groups in total. The summed E-state index contributed by atoms with van der Waals surface area (Å²) in [5.41, 5.74) is 12.4. The maximum atomic E-state index is 12.0. The number of hydrogen-bond acceptors (Lipinski definition) is 4. The van der Waals surface area contributed by atoms with Crippen LogP contribution in [0.1, 0.15) is 15.9 Å². The van der Waals surface area contributed by atoms with Crippen LogP contribution < -0.4 is 16.8 Å². The molecular formula is C14H15N3O2S. The summed E-state index contributed by atoms with van der Waals surface area (Å²) >= 11 is 1.24. The van der Waals surface area contributed by atoms with E-state index in [4.69, 9.17) is 11.5 Å². The first kappa shape index (κ1) is 14.2. The van der Waals surface area contributed by atoms with Crippen LogP contribution in [0.15, 0.2) is 41.8 Å². The lowest BCUT2D eigenvalue weighted by molar-refractivity contribution is -0.117.